The second-order valence-corrected chi connectivity index (χ2v) is 6.10. The van der Waals surface area contributed by atoms with Gasteiger partial charge in [0, 0.05) is 43.4 Å². The summed E-state index contributed by atoms with van der Waals surface area (Å²) in [7, 11) is 3.87. The van der Waals surface area contributed by atoms with Crippen LogP contribution in [-0.2, 0) is 0 Å². The van der Waals surface area contributed by atoms with E-state index in [0.717, 1.165) is 16.0 Å². The van der Waals surface area contributed by atoms with Gasteiger partial charge in [-0.25, -0.2) is 4.98 Å². The number of hydrogen-bond acceptors (Lipinski definition) is 5. The molecule has 23 heavy (non-hydrogen) atoms. The van der Waals surface area contributed by atoms with E-state index in [0.29, 0.717) is 24.6 Å². The second kappa shape index (κ2) is 7.92. The van der Waals surface area contributed by atoms with Crippen LogP contribution in [-0.4, -0.2) is 43.1 Å². The summed E-state index contributed by atoms with van der Waals surface area (Å²) in [5.74, 6) is 1.29. The summed E-state index contributed by atoms with van der Waals surface area (Å²) >= 11 is 3.37. The first-order valence-electron chi connectivity index (χ1n) is 7.27. The van der Waals surface area contributed by atoms with E-state index in [1.54, 1.807) is 6.07 Å². The van der Waals surface area contributed by atoms with E-state index in [1.165, 1.54) is 0 Å². The van der Waals surface area contributed by atoms with E-state index in [9.17, 15) is 4.79 Å². The molecule has 0 saturated carbocycles. The molecule has 0 aliphatic heterocycles. The van der Waals surface area contributed by atoms with E-state index in [4.69, 9.17) is 0 Å². The molecule has 1 aromatic carbocycles. The van der Waals surface area contributed by atoms with Crippen molar-refractivity contribution in [1.29, 1.82) is 0 Å². The fraction of sp³-hybridized carbons (Fsp3) is 0.312. The average Bonchev–Trinajstić information content (AvgIpc) is 2.51. The summed E-state index contributed by atoms with van der Waals surface area (Å²) in [6.45, 7) is 2.95. The number of hydrogen-bond donors (Lipinski definition) is 2. The van der Waals surface area contributed by atoms with Crippen molar-refractivity contribution in [3.8, 4) is 0 Å². The Labute approximate surface area is 144 Å². The summed E-state index contributed by atoms with van der Waals surface area (Å²) < 4.78 is 0.781. The fourth-order valence-corrected chi connectivity index (χ4v) is 2.42. The van der Waals surface area contributed by atoms with Gasteiger partial charge in [0.15, 0.2) is 0 Å². The standard InChI is InChI=1S/C16H20BrN5O/c1-11-10-14(22(2)3)21-16(20-11)19-9-8-18-15(23)12-6-4-5-7-13(12)17/h4-7,10H,8-9H2,1-3H3,(H,18,23)(H,19,20,21). The first-order valence-corrected chi connectivity index (χ1v) is 8.06. The Bertz CT molecular complexity index is 690. The largest absolute Gasteiger partial charge is 0.363 e. The second-order valence-electron chi connectivity index (χ2n) is 5.25. The van der Waals surface area contributed by atoms with Gasteiger partial charge < -0.3 is 15.5 Å². The highest BCUT2D eigenvalue weighted by atomic mass is 79.9. The molecule has 2 rings (SSSR count). The minimum Gasteiger partial charge on any atom is -0.363 e. The fourth-order valence-electron chi connectivity index (χ4n) is 1.95. The SMILES string of the molecule is Cc1cc(N(C)C)nc(NCCNC(=O)c2ccccc2Br)n1. The molecule has 0 atom stereocenters. The molecule has 1 amide bonds. The number of benzene rings is 1. The van der Waals surface area contributed by atoms with Gasteiger partial charge in [0.1, 0.15) is 5.82 Å². The third-order valence-electron chi connectivity index (χ3n) is 3.11. The lowest BCUT2D eigenvalue weighted by Crippen LogP contribution is -2.29. The number of aromatic nitrogens is 2. The number of anilines is 2. The van der Waals surface area contributed by atoms with Crippen molar-refractivity contribution in [2.24, 2.45) is 0 Å². The maximum atomic E-state index is 12.1. The molecule has 0 spiro atoms. The van der Waals surface area contributed by atoms with Gasteiger partial charge in [-0.1, -0.05) is 12.1 Å². The summed E-state index contributed by atoms with van der Waals surface area (Å²) in [4.78, 5) is 22.7. The van der Waals surface area contributed by atoms with Crippen molar-refractivity contribution in [1.82, 2.24) is 15.3 Å². The predicted octanol–water partition coefficient (Wildman–Crippen LogP) is 2.46. The molecular formula is C16H20BrN5O. The van der Waals surface area contributed by atoms with Crippen LogP contribution in [0.3, 0.4) is 0 Å². The Kier molecular flexibility index (Phi) is 5.92. The van der Waals surface area contributed by atoms with Gasteiger partial charge in [-0.15, -0.1) is 0 Å². The van der Waals surface area contributed by atoms with Crippen LogP contribution in [0.15, 0.2) is 34.8 Å². The van der Waals surface area contributed by atoms with Crippen LogP contribution in [0.25, 0.3) is 0 Å². The minimum absolute atomic E-state index is 0.113. The Hall–Kier alpha value is -2.15. The van der Waals surface area contributed by atoms with Gasteiger partial charge in [0.05, 0.1) is 5.56 Å². The number of carbonyl (C=O) groups excluding carboxylic acids is 1. The quantitative estimate of drug-likeness (QED) is 0.756. The lowest BCUT2D eigenvalue weighted by molar-refractivity contribution is 0.0954. The Balaban J connectivity index is 1.86. The van der Waals surface area contributed by atoms with Crippen LogP contribution in [0.2, 0.25) is 0 Å². The summed E-state index contributed by atoms with van der Waals surface area (Å²) in [6.07, 6.45) is 0. The highest BCUT2D eigenvalue weighted by Gasteiger charge is 2.08. The maximum absolute atomic E-state index is 12.1. The summed E-state index contributed by atoms with van der Waals surface area (Å²) in [6, 6.07) is 9.25. The van der Waals surface area contributed by atoms with Crippen molar-refractivity contribution in [2.45, 2.75) is 6.92 Å². The monoisotopic (exact) mass is 377 g/mol. The lowest BCUT2D eigenvalue weighted by atomic mass is 10.2. The Morgan fingerprint density at radius 1 is 1.22 bits per heavy atom. The van der Waals surface area contributed by atoms with Crippen molar-refractivity contribution in [3.05, 3.63) is 46.1 Å². The van der Waals surface area contributed by atoms with Crippen LogP contribution in [0.4, 0.5) is 11.8 Å². The molecule has 122 valence electrons. The van der Waals surface area contributed by atoms with Crippen molar-refractivity contribution in [2.75, 3.05) is 37.4 Å². The van der Waals surface area contributed by atoms with Gasteiger partial charge in [-0.3, -0.25) is 4.79 Å². The molecule has 0 aliphatic rings. The van der Waals surface area contributed by atoms with Crippen LogP contribution < -0.4 is 15.5 Å². The molecule has 1 heterocycles. The van der Waals surface area contributed by atoms with E-state index in [2.05, 4.69) is 36.5 Å². The number of nitrogens with one attached hydrogen (secondary N) is 2. The molecule has 0 unspecified atom stereocenters. The number of aryl methyl sites for hydroxylation is 1. The van der Waals surface area contributed by atoms with Gasteiger partial charge in [-0.2, -0.15) is 4.98 Å². The molecule has 0 bridgehead atoms. The van der Waals surface area contributed by atoms with Crippen LogP contribution in [0.1, 0.15) is 16.1 Å². The molecule has 2 N–H and O–H groups in total. The molecule has 2 aromatic rings. The zero-order valence-corrected chi connectivity index (χ0v) is 15.0. The third kappa shape index (κ3) is 4.92. The normalized spacial score (nSPS) is 10.3. The van der Waals surface area contributed by atoms with Gasteiger partial charge in [-0.05, 0) is 35.0 Å². The van der Waals surface area contributed by atoms with Crippen LogP contribution in [0.5, 0.6) is 0 Å². The van der Waals surface area contributed by atoms with E-state index < -0.39 is 0 Å². The Morgan fingerprint density at radius 3 is 2.65 bits per heavy atom. The predicted molar refractivity (Wildman–Crippen MR) is 96.1 cm³/mol. The first kappa shape index (κ1) is 17.2. The zero-order valence-electron chi connectivity index (χ0n) is 13.4. The van der Waals surface area contributed by atoms with Gasteiger partial charge >= 0.3 is 0 Å². The highest BCUT2D eigenvalue weighted by Crippen LogP contribution is 2.15. The topological polar surface area (TPSA) is 70.2 Å². The molecule has 0 saturated heterocycles. The van der Waals surface area contributed by atoms with E-state index in [1.807, 2.05) is 50.2 Å². The molecule has 0 fully saturated rings. The average molecular weight is 378 g/mol. The first-order chi connectivity index (χ1) is 11.0. The van der Waals surface area contributed by atoms with Gasteiger partial charge in [0.2, 0.25) is 5.95 Å². The number of halogens is 1. The van der Waals surface area contributed by atoms with Crippen LogP contribution in [0, 0.1) is 6.92 Å². The molecular weight excluding hydrogens is 358 g/mol. The number of nitrogens with zero attached hydrogens (tertiary/aromatic N) is 3. The molecule has 0 aliphatic carbocycles. The molecule has 6 nitrogen and oxygen atoms in total. The number of amides is 1. The maximum Gasteiger partial charge on any atom is 0.252 e. The van der Waals surface area contributed by atoms with Gasteiger partial charge in [0.25, 0.3) is 5.91 Å². The van der Waals surface area contributed by atoms with Crippen molar-refractivity contribution >= 4 is 33.6 Å². The zero-order chi connectivity index (χ0) is 16.8. The lowest BCUT2D eigenvalue weighted by Gasteiger charge is -2.14. The smallest absolute Gasteiger partial charge is 0.252 e. The van der Waals surface area contributed by atoms with Crippen molar-refractivity contribution < 1.29 is 4.79 Å². The third-order valence-corrected chi connectivity index (χ3v) is 3.80. The summed E-state index contributed by atoms with van der Waals surface area (Å²) in [5, 5.41) is 5.99. The van der Waals surface area contributed by atoms with E-state index in [-0.39, 0.29) is 5.91 Å². The Morgan fingerprint density at radius 2 is 1.96 bits per heavy atom. The molecule has 1 aromatic heterocycles. The highest BCUT2D eigenvalue weighted by molar-refractivity contribution is 9.10. The molecule has 0 radical (unpaired) electrons. The van der Waals surface area contributed by atoms with E-state index >= 15 is 0 Å². The van der Waals surface area contributed by atoms with Crippen LogP contribution >= 0.6 is 15.9 Å². The van der Waals surface area contributed by atoms with Crippen molar-refractivity contribution in [3.63, 3.8) is 0 Å². The number of carbonyl (C=O) groups is 1. The molecule has 7 heteroatoms. The minimum atomic E-state index is -0.113. The summed E-state index contributed by atoms with van der Waals surface area (Å²) in [5.41, 5.74) is 1.51. The number of rotatable bonds is 6.